The summed E-state index contributed by atoms with van der Waals surface area (Å²) in [5.41, 5.74) is 2.83. The van der Waals surface area contributed by atoms with Crippen LogP contribution in [0.4, 0.5) is 5.69 Å². The van der Waals surface area contributed by atoms with Crippen LogP contribution in [0.25, 0.3) is 0 Å². The lowest BCUT2D eigenvalue weighted by molar-refractivity contribution is -0.138. The second-order valence-electron chi connectivity index (χ2n) is 7.75. The van der Waals surface area contributed by atoms with Gasteiger partial charge in [-0.1, -0.05) is 30.3 Å². The van der Waals surface area contributed by atoms with Gasteiger partial charge < -0.3 is 24.4 Å². The van der Waals surface area contributed by atoms with Gasteiger partial charge in [0.1, 0.15) is 5.75 Å². The first kappa shape index (κ1) is 22.2. The molecule has 2 amide bonds. The van der Waals surface area contributed by atoms with E-state index in [0.717, 1.165) is 11.1 Å². The van der Waals surface area contributed by atoms with Crippen molar-refractivity contribution in [2.45, 2.75) is 26.1 Å². The summed E-state index contributed by atoms with van der Waals surface area (Å²) in [6.07, 6.45) is -0.646. The molecule has 4 rings (SSSR count). The van der Waals surface area contributed by atoms with E-state index in [2.05, 4.69) is 5.32 Å². The monoisotopic (exact) mass is 446 g/mol. The minimum atomic E-state index is -0.646. The number of amides is 2. The summed E-state index contributed by atoms with van der Waals surface area (Å²) in [4.78, 5) is 27.4. The third kappa shape index (κ3) is 4.77. The van der Waals surface area contributed by atoms with Crippen LogP contribution in [0.5, 0.6) is 17.2 Å². The molecule has 1 aliphatic rings. The average molecular weight is 447 g/mol. The van der Waals surface area contributed by atoms with Crippen LogP contribution in [0.1, 0.15) is 28.4 Å². The lowest BCUT2D eigenvalue weighted by atomic mass is 10.1. The van der Waals surface area contributed by atoms with E-state index in [9.17, 15) is 9.59 Å². The summed E-state index contributed by atoms with van der Waals surface area (Å²) < 4.78 is 16.8. The van der Waals surface area contributed by atoms with Crippen molar-refractivity contribution in [3.63, 3.8) is 0 Å². The van der Waals surface area contributed by atoms with Crippen LogP contribution in [-0.2, 0) is 17.9 Å². The van der Waals surface area contributed by atoms with Crippen molar-refractivity contribution in [1.29, 1.82) is 0 Å². The zero-order valence-corrected chi connectivity index (χ0v) is 18.8. The first-order chi connectivity index (χ1) is 16.0. The van der Waals surface area contributed by atoms with Crippen molar-refractivity contribution in [2.75, 3.05) is 19.5 Å². The lowest BCUT2D eigenvalue weighted by Gasteiger charge is -2.24. The largest absolute Gasteiger partial charge is 0.493 e. The number of rotatable bonds is 6. The summed E-state index contributed by atoms with van der Waals surface area (Å²) in [5.74, 6) is 1.48. The number of hydrogen-bond donors (Lipinski definition) is 1. The highest BCUT2D eigenvalue weighted by Gasteiger charge is 2.29. The highest BCUT2D eigenvalue weighted by molar-refractivity contribution is 6.04. The molecule has 0 spiro atoms. The number of benzene rings is 3. The molecule has 1 atom stereocenters. The van der Waals surface area contributed by atoms with Crippen molar-refractivity contribution in [1.82, 2.24) is 4.90 Å². The molecule has 7 heteroatoms. The predicted octanol–water partition coefficient (Wildman–Crippen LogP) is 4.27. The van der Waals surface area contributed by atoms with E-state index in [1.54, 1.807) is 50.3 Å². The van der Waals surface area contributed by atoms with Crippen molar-refractivity contribution < 1.29 is 23.8 Å². The molecular formula is C26H26N2O5. The summed E-state index contributed by atoms with van der Waals surface area (Å²) in [6, 6.07) is 20.0. The van der Waals surface area contributed by atoms with E-state index >= 15 is 0 Å². The minimum Gasteiger partial charge on any atom is -0.493 e. The Bertz CT molecular complexity index is 1160. The molecule has 3 aromatic carbocycles. The fraction of sp³-hybridized carbons (Fsp3) is 0.231. The van der Waals surface area contributed by atoms with E-state index in [-0.39, 0.29) is 11.8 Å². The Labute approximate surface area is 192 Å². The molecule has 1 aliphatic heterocycles. The SMILES string of the molecule is COc1cccc(CN2Cc3cc(NC(=O)c4ccccc4)ccc3OC(C)C2=O)c1OC. The smallest absolute Gasteiger partial charge is 0.263 e. The number of nitrogens with zero attached hydrogens (tertiary/aromatic N) is 1. The van der Waals surface area contributed by atoms with Crippen molar-refractivity contribution in [3.8, 4) is 17.2 Å². The third-order valence-corrected chi connectivity index (χ3v) is 5.52. The van der Waals surface area contributed by atoms with Crippen molar-refractivity contribution in [2.24, 2.45) is 0 Å². The van der Waals surface area contributed by atoms with Crippen LogP contribution in [0.2, 0.25) is 0 Å². The number of carbonyl (C=O) groups excluding carboxylic acids is 2. The van der Waals surface area contributed by atoms with Crippen LogP contribution in [-0.4, -0.2) is 37.0 Å². The maximum atomic E-state index is 13.1. The van der Waals surface area contributed by atoms with Gasteiger partial charge in [-0.3, -0.25) is 9.59 Å². The van der Waals surface area contributed by atoms with Crippen molar-refractivity contribution in [3.05, 3.63) is 83.4 Å². The molecule has 1 N–H and O–H groups in total. The molecule has 1 heterocycles. The number of anilines is 1. The topological polar surface area (TPSA) is 77.1 Å². The number of fused-ring (bicyclic) bond motifs is 1. The summed E-state index contributed by atoms with van der Waals surface area (Å²) in [6.45, 7) is 2.39. The molecule has 1 unspecified atom stereocenters. The van der Waals surface area contributed by atoms with Gasteiger partial charge in [-0.25, -0.2) is 0 Å². The Morgan fingerprint density at radius 2 is 1.85 bits per heavy atom. The maximum Gasteiger partial charge on any atom is 0.263 e. The van der Waals surface area contributed by atoms with Crippen molar-refractivity contribution >= 4 is 17.5 Å². The van der Waals surface area contributed by atoms with Crippen LogP contribution < -0.4 is 19.5 Å². The third-order valence-electron chi connectivity index (χ3n) is 5.52. The number of hydrogen-bond acceptors (Lipinski definition) is 5. The molecular weight excluding hydrogens is 420 g/mol. The van der Waals surface area contributed by atoms with Crippen LogP contribution in [0, 0.1) is 0 Å². The van der Waals surface area contributed by atoms with E-state index < -0.39 is 6.10 Å². The zero-order chi connectivity index (χ0) is 23.4. The number of carbonyl (C=O) groups is 2. The number of nitrogens with one attached hydrogen (secondary N) is 1. The second-order valence-corrected chi connectivity index (χ2v) is 7.75. The minimum absolute atomic E-state index is 0.133. The molecule has 7 nitrogen and oxygen atoms in total. The Morgan fingerprint density at radius 3 is 2.58 bits per heavy atom. The molecule has 0 saturated heterocycles. The van der Waals surface area contributed by atoms with Crippen LogP contribution >= 0.6 is 0 Å². The quantitative estimate of drug-likeness (QED) is 0.612. The van der Waals surface area contributed by atoms with E-state index in [0.29, 0.717) is 41.6 Å². The fourth-order valence-corrected chi connectivity index (χ4v) is 3.89. The van der Waals surface area contributed by atoms with Gasteiger partial charge in [0.15, 0.2) is 17.6 Å². The van der Waals surface area contributed by atoms with E-state index in [1.807, 2.05) is 42.5 Å². The van der Waals surface area contributed by atoms with Gasteiger partial charge in [0.2, 0.25) is 0 Å². The molecule has 0 bridgehead atoms. The summed E-state index contributed by atoms with van der Waals surface area (Å²) in [7, 11) is 3.16. The Balaban J connectivity index is 1.60. The highest BCUT2D eigenvalue weighted by Crippen LogP contribution is 2.34. The number of methoxy groups -OCH3 is 2. The Hall–Kier alpha value is -4.00. The molecule has 0 aromatic heterocycles. The van der Waals surface area contributed by atoms with Gasteiger partial charge in [-0.2, -0.15) is 0 Å². The van der Waals surface area contributed by atoms with Gasteiger partial charge in [0.25, 0.3) is 11.8 Å². The molecule has 0 radical (unpaired) electrons. The number of para-hydroxylation sites is 1. The average Bonchev–Trinajstić information content (AvgIpc) is 2.95. The lowest BCUT2D eigenvalue weighted by Crippen LogP contribution is -2.37. The molecule has 0 saturated carbocycles. The van der Waals surface area contributed by atoms with Crippen LogP contribution in [0.3, 0.4) is 0 Å². The van der Waals surface area contributed by atoms with E-state index in [1.165, 1.54) is 0 Å². The molecule has 0 aliphatic carbocycles. The second kappa shape index (κ2) is 9.65. The Morgan fingerprint density at radius 1 is 1.06 bits per heavy atom. The fourth-order valence-electron chi connectivity index (χ4n) is 3.89. The van der Waals surface area contributed by atoms with Gasteiger partial charge in [0, 0.05) is 35.5 Å². The predicted molar refractivity (Wildman–Crippen MR) is 125 cm³/mol. The molecule has 0 fully saturated rings. The zero-order valence-electron chi connectivity index (χ0n) is 18.8. The maximum absolute atomic E-state index is 13.1. The molecule has 33 heavy (non-hydrogen) atoms. The molecule has 3 aromatic rings. The van der Waals surface area contributed by atoms with Crippen LogP contribution in [0.15, 0.2) is 66.7 Å². The Kier molecular flexibility index (Phi) is 6.49. The first-order valence-corrected chi connectivity index (χ1v) is 10.6. The van der Waals surface area contributed by atoms with Gasteiger partial charge in [-0.05, 0) is 43.3 Å². The first-order valence-electron chi connectivity index (χ1n) is 10.6. The standard InChI is InChI=1S/C26H26N2O5/c1-17-26(30)28(15-19-10-7-11-23(31-2)24(19)32-3)16-20-14-21(12-13-22(20)33-17)27-25(29)18-8-5-4-6-9-18/h4-14,17H,15-16H2,1-3H3,(H,27,29). The van der Waals surface area contributed by atoms with Gasteiger partial charge in [-0.15, -0.1) is 0 Å². The van der Waals surface area contributed by atoms with Gasteiger partial charge >= 0.3 is 0 Å². The normalized spacial score (nSPS) is 15.2. The highest BCUT2D eigenvalue weighted by atomic mass is 16.5. The summed E-state index contributed by atoms with van der Waals surface area (Å²) in [5, 5.41) is 2.91. The van der Waals surface area contributed by atoms with Gasteiger partial charge in [0.05, 0.1) is 14.2 Å². The number of ether oxygens (including phenoxy) is 3. The summed E-state index contributed by atoms with van der Waals surface area (Å²) >= 11 is 0. The van der Waals surface area contributed by atoms with E-state index in [4.69, 9.17) is 14.2 Å². The molecule has 170 valence electrons.